The SMILES string of the molecule is COC(=O)CO[C@@H](C[C@H](Cc1ccccc1)NC(=O)[C@H](C(C)C)N1CCCNC1=O)[C@H](Cc1ccccc1)NC(=O)COC1=C(C)C=CCC1C. The molecule has 1 aliphatic carbocycles. The fraction of sp³-hybridized carbons (Fsp3) is 0.500. The molecule has 0 saturated carbocycles. The lowest BCUT2D eigenvalue weighted by Crippen LogP contribution is -2.59. The standard InChI is InChI=1S/C40H54N4O7/c1-27(2)37(44-21-13-20-41-40(44)48)39(47)42-32(22-30-16-8-6-9-17-30)24-34(50-26-36(46)49-5)33(23-31-18-10-7-11-19-31)43-35(45)25-51-38-28(3)14-12-15-29(38)4/h6-12,14,16-19,27,29,32-34,37H,13,15,20-26H2,1-5H3,(H,41,48)(H,42,47)(H,43,45)/t29?,32-,33-,34-,37-/m0/s1. The monoisotopic (exact) mass is 702 g/mol. The molecule has 4 amide bonds. The number of carbonyl (C=O) groups excluding carboxylic acids is 4. The maximum Gasteiger partial charge on any atom is 0.331 e. The maximum atomic E-state index is 14.1. The van der Waals surface area contributed by atoms with Gasteiger partial charge in [0.1, 0.15) is 18.4 Å². The molecule has 51 heavy (non-hydrogen) atoms. The number of carbonyl (C=O) groups is 4. The van der Waals surface area contributed by atoms with Crippen molar-refractivity contribution in [3.05, 3.63) is 95.3 Å². The molecule has 276 valence electrons. The van der Waals surface area contributed by atoms with E-state index in [1.165, 1.54) is 7.11 Å². The van der Waals surface area contributed by atoms with Crippen molar-refractivity contribution in [2.45, 2.75) is 84.0 Å². The van der Waals surface area contributed by atoms with Crippen LogP contribution in [0.15, 0.2) is 84.1 Å². The van der Waals surface area contributed by atoms with Crippen LogP contribution in [0.3, 0.4) is 0 Å². The summed E-state index contributed by atoms with van der Waals surface area (Å²) in [4.78, 5) is 54.6. The molecule has 1 fully saturated rings. The number of allylic oxidation sites excluding steroid dienone is 4. The van der Waals surface area contributed by atoms with Gasteiger partial charge in [0.2, 0.25) is 5.91 Å². The zero-order valence-corrected chi connectivity index (χ0v) is 30.6. The summed E-state index contributed by atoms with van der Waals surface area (Å²) in [5.41, 5.74) is 2.94. The summed E-state index contributed by atoms with van der Waals surface area (Å²) >= 11 is 0. The molecule has 4 rings (SSSR count). The Hall–Kier alpha value is -4.64. The number of nitrogens with one attached hydrogen (secondary N) is 3. The third-order valence-corrected chi connectivity index (χ3v) is 9.33. The lowest BCUT2D eigenvalue weighted by atomic mass is 9.92. The molecule has 0 spiro atoms. The number of benzene rings is 2. The molecule has 0 bridgehead atoms. The number of nitrogens with zero attached hydrogens (tertiary/aromatic N) is 1. The van der Waals surface area contributed by atoms with Crippen molar-refractivity contribution in [3.8, 4) is 0 Å². The normalized spacial score (nSPS) is 18.4. The van der Waals surface area contributed by atoms with Gasteiger partial charge in [-0.25, -0.2) is 9.59 Å². The second-order valence-corrected chi connectivity index (χ2v) is 13.8. The molecule has 2 aromatic carbocycles. The Labute approximate surface area is 302 Å². The predicted molar refractivity (Wildman–Crippen MR) is 195 cm³/mol. The van der Waals surface area contributed by atoms with Crippen molar-refractivity contribution in [2.75, 3.05) is 33.4 Å². The van der Waals surface area contributed by atoms with Crippen LogP contribution in [0.1, 0.15) is 58.1 Å². The number of urea groups is 1. The molecular formula is C40H54N4O7. The topological polar surface area (TPSA) is 135 Å². The first-order valence-corrected chi connectivity index (χ1v) is 18.0. The van der Waals surface area contributed by atoms with Crippen LogP contribution >= 0.6 is 0 Å². The molecule has 11 nitrogen and oxygen atoms in total. The van der Waals surface area contributed by atoms with Crippen LogP contribution in [0.2, 0.25) is 0 Å². The number of methoxy groups -OCH3 is 1. The van der Waals surface area contributed by atoms with E-state index in [-0.39, 0.29) is 49.3 Å². The lowest BCUT2D eigenvalue weighted by molar-refractivity contribution is -0.149. The van der Waals surface area contributed by atoms with Crippen molar-refractivity contribution in [3.63, 3.8) is 0 Å². The minimum atomic E-state index is -0.726. The molecule has 11 heteroatoms. The summed E-state index contributed by atoms with van der Waals surface area (Å²) < 4.78 is 17.2. The van der Waals surface area contributed by atoms with E-state index in [9.17, 15) is 19.2 Å². The molecule has 1 saturated heterocycles. The van der Waals surface area contributed by atoms with Crippen molar-refractivity contribution in [1.29, 1.82) is 0 Å². The van der Waals surface area contributed by atoms with Gasteiger partial charge in [0.05, 0.1) is 19.3 Å². The van der Waals surface area contributed by atoms with Crippen LogP contribution in [0.5, 0.6) is 0 Å². The quantitative estimate of drug-likeness (QED) is 0.192. The summed E-state index contributed by atoms with van der Waals surface area (Å²) in [5.74, 6) is -0.362. The molecule has 0 radical (unpaired) electrons. The Kier molecular flexibility index (Phi) is 15.1. The van der Waals surface area contributed by atoms with Crippen molar-refractivity contribution in [1.82, 2.24) is 20.9 Å². The fourth-order valence-electron chi connectivity index (χ4n) is 6.78. The summed E-state index contributed by atoms with van der Waals surface area (Å²) in [6.07, 6.45) is 6.06. The minimum absolute atomic E-state index is 0.149. The van der Waals surface area contributed by atoms with E-state index < -0.39 is 30.2 Å². The van der Waals surface area contributed by atoms with Gasteiger partial charge in [0, 0.05) is 25.0 Å². The minimum Gasteiger partial charge on any atom is -0.488 e. The average molecular weight is 703 g/mol. The van der Waals surface area contributed by atoms with Gasteiger partial charge in [-0.15, -0.1) is 0 Å². The predicted octanol–water partition coefficient (Wildman–Crippen LogP) is 4.72. The van der Waals surface area contributed by atoms with Gasteiger partial charge in [-0.2, -0.15) is 0 Å². The van der Waals surface area contributed by atoms with Crippen LogP contribution in [-0.4, -0.2) is 86.4 Å². The van der Waals surface area contributed by atoms with E-state index in [0.29, 0.717) is 25.9 Å². The molecule has 3 N–H and O–H groups in total. The number of amides is 4. The van der Waals surface area contributed by atoms with Crippen LogP contribution in [0.25, 0.3) is 0 Å². The Morgan fingerprint density at radius 3 is 2.24 bits per heavy atom. The lowest BCUT2D eigenvalue weighted by Gasteiger charge is -2.37. The Morgan fingerprint density at radius 1 is 0.961 bits per heavy atom. The van der Waals surface area contributed by atoms with E-state index in [0.717, 1.165) is 35.3 Å². The Balaban J connectivity index is 1.63. The molecule has 1 unspecified atom stereocenters. The van der Waals surface area contributed by atoms with Gasteiger partial charge in [-0.3, -0.25) is 9.59 Å². The van der Waals surface area contributed by atoms with Gasteiger partial charge in [-0.1, -0.05) is 93.6 Å². The number of rotatable bonds is 18. The number of esters is 1. The molecule has 1 heterocycles. The van der Waals surface area contributed by atoms with E-state index in [4.69, 9.17) is 14.2 Å². The van der Waals surface area contributed by atoms with Crippen LogP contribution in [0.4, 0.5) is 4.79 Å². The molecule has 2 aromatic rings. The first-order chi connectivity index (χ1) is 24.5. The number of ether oxygens (including phenoxy) is 3. The van der Waals surface area contributed by atoms with E-state index in [1.54, 1.807) is 4.90 Å². The highest BCUT2D eigenvalue weighted by Crippen LogP contribution is 2.26. The van der Waals surface area contributed by atoms with Gasteiger partial charge >= 0.3 is 12.0 Å². The largest absolute Gasteiger partial charge is 0.488 e. The van der Waals surface area contributed by atoms with Gasteiger partial charge in [0.15, 0.2) is 6.61 Å². The number of hydrogen-bond acceptors (Lipinski definition) is 7. The van der Waals surface area contributed by atoms with E-state index >= 15 is 0 Å². The van der Waals surface area contributed by atoms with Gasteiger partial charge in [0.25, 0.3) is 5.91 Å². The molecule has 5 atom stereocenters. The molecule has 2 aliphatic rings. The highest BCUT2D eigenvalue weighted by atomic mass is 16.6. The summed E-state index contributed by atoms with van der Waals surface area (Å²) in [5, 5.41) is 9.24. The highest BCUT2D eigenvalue weighted by Gasteiger charge is 2.36. The van der Waals surface area contributed by atoms with Crippen LogP contribution < -0.4 is 16.0 Å². The maximum absolute atomic E-state index is 14.1. The average Bonchev–Trinajstić information content (AvgIpc) is 3.11. The smallest absolute Gasteiger partial charge is 0.331 e. The second kappa shape index (κ2) is 19.7. The van der Waals surface area contributed by atoms with Crippen molar-refractivity contribution >= 4 is 23.8 Å². The zero-order valence-electron chi connectivity index (χ0n) is 30.6. The van der Waals surface area contributed by atoms with E-state index in [2.05, 4.69) is 29.0 Å². The third kappa shape index (κ3) is 12.0. The first kappa shape index (κ1) is 39.2. The van der Waals surface area contributed by atoms with Crippen LogP contribution in [-0.2, 0) is 41.4 Å². The first-order valence-electron chi connectivity index (χ1n) is 18.0. The fourth-order valence-corrected chi connectivity index (χ4v) is 6.78. The summed E-state index contributed by atoms with van der Waals surface area (Å²) in [6, 6.07) is 17.5. The summed E-state index contributed by atoms with van der Waals surface area (Å²) in [6.45, 7) is 8.42. The van der Waals surface area contributed by atoms with Gasteiger partial charge < -0.3 is 35.1 Å². The van der Waals surface area contributed by atoms with Crippen molar-refractivity contribution in [2.24, 2.45) is 11.8 Å². The highest BCUT2D eigenvalue weighted by molar-refractivity contribution is 5.88. The molecular weight excluding hydrogens is 648 g/mol. The zero-order chi connectivity index (χ0) is 36.8. The Morgan fingerprint density at radius 2 is 1.63 bits per heavy atom. The van der Waals surface area contributed by atoms with E-state index in [1.807, 2.05) is 87.5 Å². The van der Waals surface area contributed by atoms with Crippen LogP contribution in [0, 0.1) is 11.8 Å². The molecule has 1 aliphatic heterocycles. The summed E-state index contributed by atoms with van der Waals surface area (Å²) in [7, 11) is 1.29. The van der Waals surface area contributed by atoms with Gasteiger partial charge in [-0.05, 0) is 61.6 Å². The number of hydrogen-bond donors (Lipinski definition) is 3. The Bertz CT molecular complexity index is 1510. The van der Waals surface area contributed by atoms with Crippen molar-refractivity contribution < 1.29 is 33.4 Å². The molecule has 0 aromatic heterocycles. The third-order valence-electron chi connectivity index (χ3n) is 9.33. The second-order valence-electron chi connectivity index (χ2n) is 13.8.